The summed E-state index contributed by atoms with van der Waals surface area (Å²) in [5.41, 5.74) is 6.51. The number of hydrogen-bond acceptors (Lipinski definition) is 4. The zero-order valence-electron chi connectivity index (χ0n) is 12.6. The highest BCUT2D eigenvalue weighted by atomic mass is 19.4. The lowest BCUT2D eigenvalue weighted by atomic mass is 10.0. The van der Waals surface area contributed by atoms with Crippen LogP contribution in [0, 0.1) is 6.20 Å². The quantitative estimate of drug-likeness (QED) is 0.931. The number of primary amides is 1. The third kappa shape index (κ3) is 3.53. The van der Waals surface area contributed by atoms with Crippen LogP contribution in [0.15, 0.2) is 24.3 Å². The standard InChI is InChI=1S/C16H14F3N4O/c17-16(18,19)12-3-1-2-10(6-12)8-23-5-4-11-7-21-15(14(20)24)22-13(11)9-23/h1-3,6H,4-5,8-9H2,(H2,20,24). The Labute approximate surface area is 136 Å². The first-order valence-corrected chi connectivity index (χ1v) is 7.28. The summed E-state index contributed by atoms with van der Waals surface area (Å²) in [4.78, 5) is 21.0. The topological polar surface area (TPSA) is 72.1 Å². The average molecular weight is 335 g/mol. The average Bonchev–Trinajstić information content (AvgIpc) is 2.53. The van der Waals surface area contributed by atoms with Crippen molar-refractivity contribution in [3.8, 4) is 0 Å². The van der Waals surface area contributed by atoms with Gasteiger partial charge in [-0.15, -0.1) is 0 Å². The van der Waals surface area contributed by atoms with Gasteiger partial charge in [0.2, 0.25) is 5.82 Å². The van der Waals surface area contributed by atoms with Gasteiger partial charge in [0, 0.05) is 25.2 Å². The van der Waals surface area contributed by atoms with Crippen molar-refractivity contribution in [2.24, 2.45) is 5.73 Å². The first-order valence-electron chi connectivity index (χ1n) is 7.28. The Kier molecular flexibility index (Phi) is 4.23. The van der Waals surface area contributed by atoms with E-state index >= 15 is 0 Å². The zero-order valence-corrected chi connectivity index (χ0v) is 12.6. The SMILES string of the molecule is NC(=O)c1n[c]c2c(n1)CN(Cc1cccc(C(F)(F)F)c1)CC2. The lowest BCUT2D eigenvalue weighted by Crippen LogP contribution is -2.32. The third-order valence-electron chi connectivity index (χ3n) is 3.82. The van der Waals surface area contributed by atoms with Gasteiger partial charge in [-0.1, -0.05) is 18.2 Å². The number of nitrogens with zero attached hydrogens (tertiary/aromatic N) is 3. The van der Waals surface area contributed by atoms with Crippen LogP contribution >= 0.6 is 0 Å². The molecule has 8 heteroatoms. The van der Waals surface area contributed by atoms with E-state index in [1.807, 2.05) is 4.90 Å². The van der Waals surface area contributed by atoms with E-state index in [1.54, 1.807) is 6.07 Å². The lowest BCUT2D eigenvalue weighted by molar-refractivity contribution is -0.137. The van der Waals surface area contributed by atoms with Crippen molar-refractivity contribution in [2.45, 2.75) is 25.7 Å². The van der Waals surface area contributed by atoms with Gasteiger partial charge in [0.25, 0.3) is 5.91 Å². The highest BCUT2D eigenvalue weighted by Gasteiger charge is 2.30. The molecule has 125 valence electrons. The Morgan fingerprint density at radius 1 is 1.38 bits per heavy atom. The zero-order chi connectivity index (χ0) is 17.3. The summed E-state index contributed by atoms with van der Waals surface area (Å²) in [5.74, 6) is -0.835. The molecule has 1 amide bonds. The molecule has 2 aromatic rings. The van der Waals surface area contributed by atoms with Crippen LogP contribution in [0.3, 0.4) is 0 Å². The van der Waals surface area contributed by atoms with Crippen LogP contribution in [-0.4, -0.2) is 27.3 Å². The number of carbonyl (C=O) groups excluding carboxylic acids is 1. The molecule has 0 unspecified atom stereocenters. The highest BCUT2D eigenvalue weighted by Crippen LogP contribution is 2.30. The van der Waals surface area contributed by atoms with E-state index in [1.165, 1.54) is 6.07 Å². The van der Waals surface area contributed by atoms with E-state index < -0.39 is 17.6 Å². The summed E-state index contributed by atoms with van der Waals surface area (Å²) in [6, 6.07) is 5.26. The molecule has 0 aliphatic carbocycles. The maximum Gasteiger partial charge on any atom is 0.416 e. The van der Waals surface area contributed by atoms with Crippen molar-refractivity contribution < 1.29 is 18.0 Å². The fraction of sp³-hybridized carbons (Fsp3) is 0.312. The number of aromatic nitrogens is 2. The fourth-order valence-electron chi connectivity index (χ4n) is 2.65. The molecule has 0 saturated carbocycles. The van der Waals surface area contributed by atoms with Gasteiger partial charge in [0.05, 0.1) is 17.5 Å². The van der Waals surface area contributed by atoms with Crippen molar-refractivity contribution >= 4 is 5.91 Å². The maximum absolute atomic E-state index is 12.8. The summed E-state index contributed by atoms with van der Waals surface area (Å²) < 4.78 is 38.4. The van der Waals surface area contributed by atoms with Crippen LogP contribution in [0.5, 0.6) is 0 Å². The summed E-state index contributed by atoms with van der Waals surface area (Å²) >= 11 is 0. The molecule has 5 nitrogen and oxygen atoms in total. The molecule has 3 rings (SSSR count). The lowest BCUT2D eigenvalue weighted by Gasteiger charge is -2.27. The van der Waals surface area contributed by atoms with E-state index in [9.17, 15) is 18.0 Å². The summed E-state index contributed by atoms with van der Waals surface area (Å²) in [5, 5.41) is 0. The number of rotatable bonds is 3. The Morgan fingerprint density at radius 2 is 2.17 bits per heavy atom. The third-order valence-corrected chi connectivity index (χ3v) is 3.82. The number of amides is 1. The largest absolute Gasteiger partial charge is 0.416 e. The summed E-state index contributed by atoms with van der Waals surface area (Å²) in [6.45, 7) is 1.42. The molecule has 1 radical (unpaired) electrons. The van der Waals surface area contributed by atoms with Gasteiger partial charge in [0.1, 0.15) is 0 Å². The van der Waals surface area contributed by atoms with Crippen LogP contribution in [0.1, 0.15) is 33.0 Å². The number of fused-ring (bicyclic) bond motifs is 1. The Balaban J connectivity index is 1.76. The molecule has 0 spiro atoms. The van der Waals surface area contributed by atoms with Crippen molar-refractivity contribution in [2.75, 3.05) is 6.54 Å². The number of nitrogens with two attached hydrogens (primary N) is 1. The number of benzene rings is 1. The number of alkyl halides is 3. The van der Waals surface area contributed by atoms with Gasteiger partial charge >= 0.3 is 6.18 Å². The van der Waals surface area contributed by atoms with Crippen LogP contribution < -0.4 is 5.73 Å². The predicted octanol–water partition coefficient (Wildman–Crippen LogP) is 1.95. The number of hydrogen-bond donors (Lipinski definition) is 1. The molecule has 2 heterocycles. The van der Waals surface area contributed by atoms with E-state index in [0.717, 1.165) is 17.7 Å². The minimum Gasteiger partial charge on any atom is -0.363 e. The molecular formula is C16H14F3N4O. The number of halogens is 3. The molecule has 1 aromatic heterocycles. The van der Waals surface area contributed by atoms with Gasteiger partial charge in [-0.2, -0.15) is 13.2 Å². The van der Waals surface area contributed by atoms with Crippen molar-refractivity contribution in [1.29, 1.82) is 0 Å². The first kappa shape index (κ1) is 16.4. The molecule has 24 heavy (non-hydrogen) atoms. The Bertz CT molecular complexity index is 776. The second-order valence-electron chi connectivity index (χ2n) is 5.61. The molecular weight excluding hydrogens is 321 g/mol. The van der Waals surface area contributed by atoms with Crippen molar-refractivity contribution in [3.63, 3.8) is 0 Å². The highest BCUT2D eigenvalue weighted by molar-refractivity contribution is 5.88. The monoisotopic (exact) mass is 335 g/mol. The van der Waals surface area contributed by atoms with Gasteiger partial charge < -0.3 is 5.73 Å². The van der Waals surface area contributed by atoms with E-state index in [0.29, 0.717) is 37.3 Å². The smallest absolute Gasteiger partial charge is 0.363 e. The maximum atomic E-state index is 12.8. The van der Waals surface area contributed by atoms with Crippen molar-refractivity contribution in [3.05, 3.63) is 58.7 Å². The molecule has 1 aliphatic rings. The molecule has 0 bridgehead atoms. The van der Waals surface area contributed by atoms with Crippen LogP contribution in [-0.2, 0) is 25.7 Å². The molecule has 0 saturated heterocycles. The van der Waals surface area contributed by atoms with E-state index in [4.69, 9.17) is 5.73 Å². The molecule has 0 fully saturated rings. The first-order chi connectivity index (χ1) is 11.3. The van der Waals surface area contributed by atoms with Crippen LogP contribution in [0.2, 0.25) is 0 Å². The van der Waals surface area contributed by atoms with Gasteiger partial charge in [-0.25, -0.2) is 9.97 Å². The van der Waals surface area contributed by atoms with Gasteiger partial charge in [0.15, 0.2) is 0 Å². The molecule has 1 aliphatic heterocycles. The molecule has 0 atom stereocenters. The second kappa shape index (κ2) is 6.20. The summed E-state index contributed by atoms with van der Waals surface area (Å²) in [7, 11) is 0. The van der Waals surface area contributed by atoms with E-state index in [-0.39, 0.29) is 5.82 Å². The number of carbonyl (C=O) groups is 1. The van der Waals surface area contributed by atoms with Crippen molar-refractivity contribution in [1.82, 2.24) is 14.9 Å². The predicted molar refractivity (Wildman–Crippen MR) is 78.6 cm³/mol. The minimum atomic E-state index is -4.36. The van der Waals surface area contributed by atoms with Crippen LogP contribution in [0.25, 0.3) is 0 Å². The Morgan fingerprint density at radius 3 is 2.88 bits per heavy atom. The minimum absolute atomic E-state index is 0.102. The van der Waals surface area contributed by atoms with Crippen LogP contribution in [0.4, 0.5) is 13.2 Å². The van der Waals surface area contributed by atoms with Gasteiger partial charge in [-0.05, 0) is 18.1 Å². The second-order valence-corrected chi connectivity index (χ2v) is 5.61. The summed E-state index contributed by atoms with van der Waals surface area (Å²) in [6.07, 6.45) is -0.976. The van der Waals surface area contributed by atoms with Gasteiger partial charge in [-0.3, -0.25) is 9.69 Å². The molecule has 1 aromatic carbocycles. The van der Waals surface area contributed by atoms with E-state index in [2.05, 4.69) is 16.2 Å². The normalized spacial score (nSPS) is 15.1. The Hall–Kier alpha value is -2.48. The fourth-order valence-corrected chi connectivity index (χ4v) is 2.65. The molecule has 2 N–H and O–H groups in total.